The second-order valence-corrected chi connectivity index (χ2v) is 5.13. The van der Waals surface area contributed by atoms with Crippen molar-refractivity contribution in [2.75, 3.05) is 5.43 Å². The molecule has 0 fully saturated rings. The molecule has 92 valence electrons. The van der Waals surface area contributed by atoms with Crippen LogP contribution in [0.15, 0.2) is 22.9 Å². The number of nitrogens with two attached hydrogens (primary N) is 1. The maximum Gasteiger partial charge on any atom is 0.163 e. The molecule has 6 heteroatoms. The maximum absolute atomic E-state index is 5.53. The van der Waals surface area contributed by atoms with Gasteiger partial charge in [0, 0.05) is 33.7 Å². The van der Waals surface area contributed by atoms with Crippen molar-refractivity contribution in [1.29, 1.82) is 0 Å². The lowest BCUT2D eigenvalue weighted by Gasteiger charge is -2.09. The van der Waals surface area contributed by atoms with Crippen molar-refractivity contribution in [2.24, 2.45) is 5.84 Å². The van der Waals surface area contributed by atoms with Crippen LogP contribution >= 0.6 is 15.9 Å². The highest BCUT2D eigenvalue weighted by Gasteiger charge is 2.19. The number of aromatic nitrogens is 3. The Morgan fingerprint density at radius 1 is 1.22 bits per heavy atom. The van der Waals surface area contributed by atoms with Gasteiger partial charge < -0.3 is 5.43 Å². The molecule has 18 heavy (non-hydrogen) atoms. The van der Waals surface area contributed by atoms with Gasteiger partial charge in [-0.05, 0) is 41.3 Å². The first kappa shape index (κ1) is 11.6. The van der Waals surface area contributed by atoms with Crippen LogP contribution < -0.4 is 11.3 Å². The topological polar surface area (TPSA) is 76.7 Å². The molecule has 0 unspecified atom stereocenters. The molecule has 2 heterocycles. The van der Waals surface area contributed by atoms with Crippen LogP contribution in [0.4, 0.5) is 5.82 Å². The Labute approximate surface area is 113 Å². The van der Waals surface area contributed by atoms with Crippen LogP contribution in [0.3, 0.4) is 0 Å². The van der Waals surface area contributed by atoms with Crippen LogP contribution in [0.25, 0.3) is 11.4 Å². The maximum atomic E-state index is 5.53. The van der Waals surface area contributed by atoms with Crippen LogP contribution in [-0.2, 0) is 12.8 Å². The summed E-state index contributed by atoms with van der Waals surface area (Å²) in [6, 6.07) is 1.95. The first-order valence-corrected chi connectivity index (χ1v) is 6.54. The van der Waals surface area contributed by atoms with Crippen molar-refractivity contribution in [3.8, 4) is 11.4 Å². The summed E-state index contributed by atoms with van der Waals surface area (Å²) in [6.07, 6.45) is 6.58. The summed E-state index contributed by atoms with van der Waals surface area (Å²) in [5.41, 5.74) is 5.79. The first-order valence-electron chi connectivity index (χ1n) is 5.75. The number of halogens is 1. The van der Waals surface area contributed by atoms with Gasteiger partial charge >= 0.3 is 0 Å². The predicted octanol–water partition coefficient (Wildman–Crippen LogP) is 2.08. The fourth-order valence-corrected chi connectivity index (χ4v) is 2.58. The van der Waals surface area contributed by atoms with Crippen LogP contribution in [0, 0.1) is 0 Å². The van der Waals surface area contributed by atoms with E-state index in [9.17, 15) is 0 Å². The largest absolute Gasteiger partial charge is 0.308 e. The van der Waals surface area contributed by atoms with Gasteiger partial charge in [0.15, 0.2) is 5.82 Å². The third kappa shape index (κ3) is 1.97. The second-order valence-electron chi connectivity index (χ2n) is 4.21. The smallest absolute Gasteiger partial charge is 0.163 e. The number of nitrogens with zero attached hydrogens (tertiary/aromatic N) is 3. The molecule has 0 saturated heterocycles. The molecule has 2 aromatic heterocycles. The van der Waals surface area contributed by atoms with Gasteiger partial charge in [0.2, 0.25) is 0 Å². The minimum atomic E-state index is 0.664. The van der Waals surface area contributed by atoms with Crippen LogP contribution in [0.1, 0.15) is 17.7 Å². The summed E-state index contributed by atoms with van der Waals surface area (Å²) < 4.78 is 0.909. The highest BCUT2D eigenvalue weighted by atomic mass is 79.9. The van der Waals surface area contributed by atoms with E-state index < -0.39 is 0 Å². The van der Waals surface area contributed by atoms with E-state index in [1.807, 2.05) is 6.07 Å². The lowest BCUT2D eigenvalue weighted by molar-refractivity contribution is 0.900. The molecule has 0 saturated carbocycles. The van der Waals surface area contributed by atoms with Crippen LogP contribution in [0.2, 0.25) is 0 Å². The number of hydrogen-bond acceptors (Lipinski definition) is 5. The molecule has 5 nitrogen and oxygen atoms in total. The number of rotatable bonds is 2. The first-order chi connectivity index (χ1) is 8.78. The van der Waals surface area contributed by atoms with E-state index in [1.54, 1.807) is 12.4 Å². The Bertz CT molecular complexity index is 599. The molecule has 1 aliphatic rings. The number of anilines is 1. The summed E-state index contributed by atoms with van der Waals surface area (Å²) in [7, 11) is 0. The number of aryl methyl sites for hydroxylation is 1. The normalized spacial score (nSPS) is 13.4. The van der Waals surface area contributed by atoms with Crippen molar-refractivity contribution in [1.82, 2.24) is 15.0 Å². The molecule has 0 aliphatic heterocycles. The fourth-order valence-electron chi connectivity index (χ4n) is 2.22. The van der Waals surface area contributed by atoms with Gasteiger partial charge in [-0.25, -0.2) is 15.8 Å². The number of pyridine rings is 1. The molecule has 0 bridgehead atoms. The molecule has 0 spiro atoms. The highest BCUT2D eigenvalue weighted by molar-refractivity contribution is 9.10. The molecule has 3 rings (SSSR count). The number of nitrogens with one attached hydrogen (secondary N) is 1. The van der Waals surface area contributed by atoms with E-state index in [-0.39, 0.29) is 0 Å². The minimum Gasteiger partial charge on any atom is -0.308 e. The van der Waals surface area contributed by atoms with Crippen molar-refractivity contribution < 1.29 is 0 Å². The van der Waals surface area contributed by atoms with Crippen LogP contribution in [0.5, 0.6) is 0 Å². The van der Waals surface area contributed by atoms with E-state index in [2.05, 4.69) is 36.3 Å². The number of hydrogen-bond donors (Lipinski definition) is 2. The van der Waals surface area contributed by atoms with E-state index in [1.165, 1.54) is 0 Å². The van der Waals surface area contributed by atoms with Crippen molar-refractivity contribution in [2.45, 2.75) is 19.3 Å². The van der Waals surface area contributed by atoms with E-state index >= 15 is 0 Å². The molecular formula is C12H12BrN5. The standard InChI is InChI=1S/C12H12BrN5/c13-8-4-7(5-15-6-8)11-16-10-3-1-2-9(10)12(17-11)18-14/h4-6H,1-3,14H2,(H,16,17,18). The fraction of sp³-hybridized carbons (Fsp3) is 0.250. The molecule has 0 aromatic carbocycles. The highest BCUT2D eigenvalue weighted by Crippen LogP contribution is 2.29. The third-order valence-corrected chi connectivity index (χ3v) is 3.47. The minimum absolute atomic E-state index is 0.664. The number of fused-ring (bicyclic) bond motifs is 1. The second kappa shape index (κ2) is 4.62. The quantitative estimate of drug-likeness (QED) is 0.656. The summed E-state index contributed by atoms with van der Waals surface area (Å²) in [5.74, 6) is 6.93. The van der Waals surface area contributed by atoms with Gasteiger partial charge in [-0.15, -0.1) is 0 Å². The summed E-state index contributed by atoms with van der Waals surface area (Å²) >= 11 is 3.40. The molecule has 1 aliphatic carbocycles. The summed E-state index contributed by atoms with van der Waals surface area (Å²) in [5, 5.41) is 0. The van der Waals surface area contributed by atoms with Crippen molar-refractivity contribution >= 4 is 21.7 Å². The Kier molecular flexibility index (Phi) is 2.97. The van der Waals surface area contributed by atoms with Gasteiger partial charge in [-0.1, -0.05) is 0 Å². The van der Waals surface area contributed by atoms with Gasteiger partial charge in [-0.3, -0.25) is 4.98 Å². The SMILES string of the molecule is NNc1nc(-c2cncc(Br)c2)nc2c1CCC2. The lowest BCUT2D eigenvalue weighted by Crippen LogP contribution is -2.12. The average Bonchev–Trinajstić information content (AvgIpc) is 2.85. The summed E-state index contributed by atoms with van der Waals surface area (Å²) in [6.45, 7) is 0. The van der Waals surface area contributed by atoms with Gasteiger partial charge in [0.25, 0.3) is 0 Å². The Morgan fingerprint density at radius 2 is 2.11 bits per heavy atom. The average molecular weight is 306 g/mol. The zero-order valence-electron chi connectivity index (χ0n) is 9.65. The Balaban J connectivity index is 2.13. The third-order valence-electron chi connectivity index (χ3n) is 3.03. The molecule has 0 atom stereocenters. The van der Waals surface area contributed by atoms with Crippen molar-refractivity contribution in [3.63, 3.8) is 0 Å². The Morgan fingerprint density at radius 3 is 2.89 bits per heavy atom. The molecule has 2 aromatic rings. The van der Waals surface area contributed by atoms with Gasteiger partial charge in [-0.2, -0.15) is 0 Å². The molecule has 3 N–H and O–H groups in total. The van der Waals surface area contributed by atoms with E-state index in [4.69, 9.17) is 5.84 Å². The van der Waals surface area contributed by atoms with E-state index in [0.29, 0.717) is 5.82 Å². The van der Waals surface area contributed by atoms with Gasteiger partial charge in [0.05, 0.1) is 0 Å². The lowest BCUT2D eigenvalue weighted by atomic mass is 10.2. The molecule has 0 amide bonds. The number of nitrogen functional groups attached to an aromatic ring is 1. The van der Waals surface area contributed by atoms with Crippen LogP contribution in [-0.4, -0.2) is 15.0 Å². The zero-order chi connectivity index (χ0) is 12.5. The van der Waals surface area contributed by atoms with Gasteiger partial charge in [0.1, 0.15) is 5.82 Å². The molecule has 0 radical (unpaired) electrons. The van der Waals surface area contributed by atoms with Crippen molar-refractivity contribution in [3.05, 3.63) is 34.2 Å². The van der Waals surface area contributed by atoms with E-state index in [0.717, 1.165) is 46.4 Å². The summed E-state index contributed by atoms with van der Waals surface area (Å²) in [4.78, 5) is 13.2. The monoisotopic (exact) mass is 305 g/mol. The number of hydrazine groups is 1. The zero-order valence-corrected chi connectivity index (χ0v) is 11.2. The molecular weight excluding hydrogens is 294 g/mol. The Hall–Kier alpha value is -1.53. The predicted molar refractivity (Wildman–Crippen MR) is 72.8 cm³/mol.